The van der Waals surface area contributed by atoms with Crippen LogP contribution >= 0.6 is 0 Å². The molecule has 10 heavy (non-hydrogen) atoms. The van der Waals surface area contributed by atoms with Crippen LogP contribution in [0.3, 0.4) is 0 Å². The van der Waals surface area contributed by atoms with Crippen LogP contribution in [0.5, 0.6) is 0 Å². The summed E-state index contributed by atoms with van der Waals surface area (Å²) >= 11 is 0. The average Bonchev–Trinajstić information content (AvgIpc) is 1.79. The highest BCUT2D eigenvalue weighted by atomic mass is 16.4. The monoisotopic (exact) mass is 141 g/mol. The van der Waals surface area contributed by atoms with Gasteiger partial charge in [0.25, 0.3) is 0 Å². The van der Waals surface area contributed by atoms with E-state index in [1.54, 1.807) is 0 Å². The molecule has 0 fully saturated rings. The van der Waals surface area contributed by atoms with Gasteiger partial charge in [-0.05, 0) is 14.1 Å². The molecule has 0 atom stereocenters. The van der Waals surface area contributed by atoms with Crippen LogP contribution in [0.1, 0.15) is 6.42 Å². The van der Waals surface area contributed by atoms with Crippen LogP contribution in [0.2, 0.25) is 0 Å². The molecule has 0 heterocycles. The second-order valence-corrected chi connectivity index (χ2v) is 2.16. The number of carboxylic acids is 1. The summed E-state index contributed by atoms with van der Waals surface area (Å²) in [6.45, 7) is 0.618. The molecular formula is C7H11NO2. The van der Waals surface area contributed by atoms with Crippen molar-refractivity contribution >= 4 is 5.97 Å². The lowest BCUT2D eigenvalue weighted by atomic mass is 10.4. The normalized spacial score (nSPS) is 8.70. The second kappa shape index (κ2) is 4.83. The molecule has 0 aliphatic carbocycles. The highest BCUT2D eigenvalue weighted by Gasteiger charge is 1.87. The largest absolute Gasteiger partial charge is 0.481 e. The van der Waals surface area contributed by atoms with Crippen molar-refractivity contribution in [3.63, 3.8) is 0 Å². The molecule has 0 saturated heterocycles. The summed E-state index contributed by atoms with van der Waals surface area (Å²) in [5.41, 5.74) is 0. The summed E-state index contributed by atoms with van der Waals surface area (Å²) in [5.74, 6) is 4.37. The van der Waals surface area contributed by atoms with Gasteiger partial charge in [-0.3, -0.25) is 9.69 Å². The fourth-order valence-electron chi connectivity index (χ4n) is 0.352. The van der Waals surface area contributed by atoms with Crippen LogP contribution < -0.4 is 0 Å². The van der Waals surface area contributed by atoms with Gasteiger partial charge >= 0.3 is 5.97 Å². The van der Waals surface area contributed by atoms with E-state index in [-0.39, 0.29) is 6.42 Å². The Morgan fingerprint density at radius 3 is 2.50 bits per heavy atom. The Morgan fingerprint density at radius 1 is 1.50 bits per heavy atom. The number of carbonyl (C=O) groups is 1. The van der Waals surface area contributed by atoms with Crippen molar-refractivity contribution in [1.82, 2.24) is 4.90 Å². The molecule has 0 radical (unpaired) electrons. The predicted molar refractivity (Wildman–Crippen MR) is 38.6 cm³/mol. The van der Waals surface area contributed by atoms with Gasteiger partial charge in [0.15, 0.2) is 0 Å². The second-order valence-electron chi connectivity index (χ2n) is 2.16. The highest BCUT2D eigenvalue weighted by Crippen LogP contribution is 1.74. The summed E-state index contributed by atoms with van der Waals surface area (Å²) in [5, 5.41) is 8.16. The summed E-state index contributed by atoms with van der Waals surface area (Å²) in [4.78, 5) is 11.8. The van der Waals surface area contributed by atoms with E-state index in [0.29, 0.717) is 6.54 Å². The van der Waals surface area contributed by atoms with Gasteiger partial charge in [-0.2, -0.15) is 0 Å². The molecule has 0 spiro atoms. The first kappa shape index (κ1) is 8.99. The lowest BCUT2D eigenvalue weighted by Gasteiger charge is -2.00. The Bertz CT molecular complexity index is 164. The van der Waals surface area contributed by atoms with E-state index in [4.69, 9.17) is 5.11 Å². The maximum atomic E-state index is 9.93. The molecule has 3 heteroatoms. The van der Waals surface area contributed by atoms with Crippen LogP contribution in [0.4, 0.5) is 0 Å². The molecule has 56 valence electrons. The maximum absolute atomic E-state index is 9.93. The topological polar surface area (TPSA) is 40.5 Å². The van der Waals surface area contributed by atoms with Crippen LogP contribution in [0, 0.1) is 11.8 Å². The first-order chi connectivity index (χ1) is 4.63. The van der Waals surface area contributed by atoms with Gasteiger partial charge in [-0.25, -0.2) is 0 Å². The maximum Gasteiger partial charge on any atom is 0.315 e. The molecule has 1 N–H and O–H groups in total. The van der Waals surface area contributed by atoms with Crippen LogP contribution in [-0.4, -0.2) is 36.6 Å². The van der Waals surface area contributed by atoms with Crippen LogP contribution in [0.25, 0.3) is 0 Å². The molecule has 0 bridgehead atoms. The van der Waals surface area contributed by atoms with E-state index >= 15 is 0 Å². The van der Waals surface area contributed by atoms with Crippen LogP contribution in [0.15, 0.2) is 0 Å². The van der Waals surface area contributed by atoms with Gasteiger partial charge in [-0.1, -0.05) is 11.8 Å². The summed E-state index contributed by atoms with van der Waals surface area (Å²) in [6.07, 6.45) is -0.0617. The first-order valence-electron chi connectivity index (χ1n) is 2.95. The van der Waals surface area contributed by atoms with Crippen molar-refractivity contribution in [3.8, 4) is 11.8 Å². The molecule has 0 unspecified atom stereocenters. The number of nitrogens with zero attached hydrogens (tertiary/aromatic N) is 1. The Balaban J connectivity index is 3.41. The molecular weight excluding hydrogens is 130 g/mol. The van der Waals surface area contributed by atoms with Crippen LogP contribution in [-0.2, 0) is 4.79 Å². The van der Waals surface area contributed by atoms with Crippen molar-refractivity contribution < 1.29 is 9.90 Å². The Kier molecular flexibility index (Phi) is 4.34. The first-order valence-corrected chi connectivity index (χ1v) is 2.95. The van der Waals surface area contributed by atoms with Crippen molar-refractivity contribution in [2.75, 3.05) is 20.6 Å². The number of carboxylic acid groups (broad SMARTS) is 1. The predicted octanol–water partition coefficient (Wildman–Crippen LogP) is 0.0261. The fraction of sp³-hybridized carbons (Fsp3) is 0.571. The molecule has 0 amide bonds. The molecule has 0 aromatic rings. The number of hydrogen-bond donors (Lipinski definition) is 1. The SMILES string of the molecule is CN(C)CC#CCC(=O)O. The lowest BCUT2D eigenvalue weighted by molar-refractivity contribution is -0.135. The Hall–Kier alpha value is -1.01. The lowest BCUT2D eigenvalue weighted by Crippen LogP contribution is -2.10. The number of hydrogen-bond acceptors (Lipinski definition) is 2. The van der Waals surface area contributed by atoms with Gasteiger partial charge in [-0.15, -0.1) is 0 Å². The summed E-state index contributed by atoms with van der Waals surface area (Å²) in [7, 11) is 3.77. The molecule has 0 aromatic heterocycles. The Morgan fingerprint density at radius 2 is 2.10 bits per heavy atom. The molecule has 0 saturated carbocycles. The zero-order valence-electron chi connectivity index (χ0n) is 6.22. The average molecular weight is 141 g/mol. The van der Waals surface area contributed by atoms with Gasteiger partial charge in [0.05, 0.1) is 6.54 Å². The third-order valence-electron chi connectivity index (χ3n) is 0.760. The summed E-state index contributed by atoms with van der Waals surface area (Å²) < 4.78 is 0. The van der Waals surface area contributed by atoms with E-state index in [2.05, 4.69) is 11.8 Å². The van der Waals surface area contributed by atoms with E-state index in [1.165, 1.54) is 0 Å². The Labute approximate surface area is 60.6 Å². The minimum atomic E-state index is -0.869. The zero-order valence-corrected chi connectivity index (χ0v) is 6.22. The van der Waals surface area contributed by atoms with E-state index in [0.717, 1.165) is 0 Å². The number of rotatable bonds is 2. The molecule has 0 aliphatic heterocycles. The van der Waals surface area contributed by atoms with Crippen molar-refractivity contribution in [2.45, 2.75) is 6.42 Å². The molecule has 0 aliphatic rings. The third-order valence-corrected chi connectivity index (χ3v) is 0.760. The third kappa shape index (κ3) is 6.99. The van der Waals surface area contributed by atoms with Crippen molar-refractivity contribution in [1.29, 1.82) is 0 Å². The molecule has 3 nitrogen and oxygen atoms in total. The highest BCUT2D eigenvalue weighted by molar-refractivity contribution is 5.69. The minimum absolute atomic E-state index is 0.0617. The van der Waals surface area contributed by atoms with Gasteiger partial charge in [0.1, 0.15) is 6.42 Å². The van der Waals surface area contributed by atoms with Crippen molar-refractivity contribution in [3.05, 3.63) is 0 Å². The van der Waals surface area contributed by atoms with Crippen molar-refractivity contribution in [2.24, 2.45) is 0 Å². The van der Waals surface area contributed by atoms with E-state index in [9.17, 15) is 4.79 Å². The standard InChI is InChI=1S/C7H11NO2/c1-8(2)6-4-3-5-7(9)10/h5-6H2,1-2H3,(H,9,10). The van der Waals surface area contributed by atoms with E-state index < -0.39 is 5.97 Å². The van der Waals surface area contributed by atoms with Gasteiger partial charge < -0.3 is 5.11 Å². The van der Waals surface area contributed by atoms with Gasteiger partial charge in [0.2, 0.25) is 0 Å². The minimum Gasteiger partial charge on any atom is -0.481 e. The van der Waals surface area contributed by atoms with E-state index in [1.807, 2.05) is 19.0 Å². The molecule has 0 aromatic carbocycles. The number of aliphatic carboxylic acids is 1. The van der Waals surface area contributed by atoms with Gasteiger partial charge in [0, 0.05) is 0 Å². The quantitative estimate of drug-likeness (QED) is 0.551. The smallest absolute Gasteiger partial charge is 0.315 e. The molecule has 0 rings (SSSR count). The summed E-state index contributed by atoms with van der Waals surface area (Å²) in [6, 6.07) is 0. The fourth-order valence-corrected chi connectivity index (χ4v) is 0.352. The zero-order chi connectivity index (χ0) is 7.98.